The second-order valence-corrected chi connectivity index (χ2v) is 3.58. The topological polar surface area (TPSA) is 112 Å². The number of aromatic amines is 1. The molecule has 0 aliphatic carbocycles. The summed E-state index contributed by atoms with van der Waals surface area (Å²) in [6.45, 7) is 0. The fraction of sp³-hybridized carbons (Fsp3) is 0. The van der Waals surface area contributed by atoms with Gasteiger partial charge in [0.1, 0.15) is 0 Å². The van der Waals surface area contributed by atoms with Crippen LogP contribution in [-0.2, 0) is 0 Å². The third-order valence-corrected chi connectivity index (χ3v) is 2.56. The van der Waals surface area contributed by atoms with Gasteiger partial charge in [-0.1, -0.05) is 12.1 Å². The summed E-state index contributed by atoms with van der Waals surface area (Å²) in [5.74, 6) is -0.829. The van der Waals surface area contributed by atoms with Crippen LogP contribution in [0.4, 0.5) is 0 Å². The summed E-state index contributed by atoms with van der Waals surface area (Å²) in [4.78, 5) is 27.2. The number of hydrogen-bond donors (Lipinski definition) is 3. The van der Waals surface area contributed by atoms with Gasteiger partial charge in [-0.3, -0.25) is 10.0 Å². The van der Waals surface area contributed by atoms with E-state index < -0.39 is 11.6 Å². The second-order valence-electron chi connectivity index (χ2n) is 3.58. The lowest BCUT2D eigenvalue weighted by Gasteiger charge is -2.03. The molecular formula is C10H7N5O3. The maximum atomic E-state index is 11.7. The number of nitrogens with one attached hydrogen (secondary N) is 2. The molecular weight excluding hydrogens is 238 g/mol. The molecule has 0 aliphatic rings. The van der Waals surface area contributed by atoms with E-state index in [1.54, 1.807) is 24.3 Å². The number of carbonyl (C=O) groups excluding carboxylic acids is 1. The van der Waals surface area contributed by atoms with Gasteiger partial charge in [0.25, 0.3) is 5.91 Å². The summed E-state index contributed by atoms with van der Waals surface area (Å²) in [7, 11) is 0. The van der Waals surface area contributed by atoms with Crippen LogP contribution in [0.3, 0.4) is 0 Å². The highest BCUT2D eigenvalue weighted by atomic mass is 16.5. The minimum Gasteiger partial charge on any atom is -0.288 e. The van der Waals surface area contributed by atoms with Crippen LogP contribution in [0.25, 0.3) is 16.7 Å². The maximum absolute atomic E-state index is 11.7. The quantitative estimate of drug-likeness (QED) is 0.402. The summed E-state index contributed by atoms with van der Waals surface area (Å²) in [5.41, 5.74) is 1.91. The number of para-hydroxylation sites is 2. The van der Waals surface area contributed by atoms with Gasteiger partial charge < -0.3 is 0 Å². The van der Waals surface area contributed by atoms with Crippen LogP contribution in [0.1, 0.15) is 10.5 Å². The smallest absolute Gasteiger partial charge is 0.288 e. The van der Waals surface area contributed by atoms with Crippen LogP contribution in [-0.4, -0.2) is 30.7 Å². The summed E-state index contributed by atoms with van der Waals surface area (Å²) in [6.07, 6.45) is 0. The molecule has 0 aliphatic heterocycles. The third-order valence-electron chi connectivity index (χ3n) is 2.56. The van der Waals surface area contributed by atoms with Crippen molar-refractivity contribution in [2.45, 2.75) is 0 Å². The highest BCUT2D eigenvalue weighted by Gasteiger charge is 2.17. The first-order valence-electron chi connectivity index (χ1n) is 5.02. The van der Waals surface area contributed by atoms with Crippen molar-refractivity contribution in [2.75, 3.05) is 0 Å². The van der Waals surface area contributed by atoms with Gasteiger partial charge in [0.05, 0.1) is 11.0 Å². The number of H-pyrrole nitrogens is 1. The van der Waals surface area contributed by atoms with Crippen molar-refractivity contribution >= 4 is 22.6 Å². The Morgan fingerprint density at radius 2 is 2.17 bits per heavy atom. The van der Waals surface area contributed by atoms with Crippen molar-refractivity contribution in [1.82, 2.24) is 25.1 Å². The largest absolute Gasteiger partial charge is 0.348 e. The van der Waals surface area contributed by atoms with E-state index in [0.717, 1.165) is 0 Å². The van der Waals surface area contributed by atoms with Gasteiger partial charge in [0.15, 0.2) is 11.3 Å². The first kappa shape index (κ1) is 10.4. The van der Waals surface area contributed by atoms with E-state index in [9.17, 15) is 9.59 Å². The highest BCUT2D eigenvalue weighted by Crippen LogP contribution is 2.14. The van der Waals surface area contributed by atoms with Gasteiger partial charge in [-0.05, 0) is 12.1 Å². The number of nitrogens with zero attached hydrogens (tertiary/aromatic N) is 3. The van der Waals surface area contributed by atoms with E-state index in [0.29, 0.717) is 11.0 Å². The average molecular weight is 245 g/mol. The standard InChI is InChI=1S/C10H7N5O3/c16-9(14-18)7-8-12-13-10(17)15(8)6-4-2-1-3-5(6)11-7/h1-4,18H,(H,13,17)(H,14,16). The number of aromatic nitrogens is 4. The summed E-state index contributed by atoms with van der Waals surface area (Å²) < 4.78 is 1.23. The Labute approximate surface area is 98.8 Å². The van der Waals surface area contributed by atoms with Gasteiger partial charge in [0.2, 0.25) is 0 Å². The number of benzene rings is 1. The maximum Gasteiger partial charge on any atom is 0.348 e. The molecule has 1 amide bonds. The van der Waals surface area contributed by atoms with Crippen molar-refractivity contribution in [3.8, 4) is 0 Å². The Bertz CT molecular complexity index is 819. The van der Waals surface area contributed by atoms with Crippen molar-refractivity contribution in [2.24, 2.45) is 0 Å². The second kappa shape index (κ2) is 3.64. The monoisotopic (exact) mass is 245 g/mol. The number of fused-ring (bicyclic) bond motifs is 3. The molecule has 0 unspecified atom stereocenters. The lowest BCUT2D eigenvalue weighted by molar-refractivity contribution is 0.0702. The lowest BCUT2D eigenvalue weighted by atomic mass is 10.3. The van der Waals surface area contributed by atoms with Gasteiger partial charge in [-0.25, -0.2) is 24.8 Å². The Balaban J connectivity index is 2.56. The molecule has 0 radical (unpaired) electrons. The summed E-state index contributed by atoms with van der Waals surface area (Å²) in [6, 6.07) is 6.82. The van der Waals surface area contributed by atoms with Gasteiger partial charge in [0, 0.05) is 0 Å². The minimum atomic E-state index is -0.829. The van der Waals surface area contributed by atoms with Crippen molar-refractivity contribution in [3.63, 3.8) is 0 Å². The predicted octanol–water partition coefficient (Wildman–Crippen LogP) is -0.310. The minimum absolute atomic E-state index is 0.0604. The molecule has 0 bridgehead atoms. The number of rotatable bonds is 1. The SMILES string of the molecule is O=C(NO)c1nc2ccccc2n2c(=O)[nH]nc12. The third kappa shape index (κ3) is 1.29. The lowest BCUT2D eigenvalue weighted by Crippen LogP contribution is -2.22. The van der Waals surface area contributed by atoms with Crippen LogP contribution in [0, 0.1) is 0 Å². The number of amides is 1. The molecule has 1 aromatic carbocycles. The molecule has 3 rings (SSSR count). The highest BCUT2D eigenvalue weighted by molar-refractivity contribution is 5.99. The first-order chi connectivity index (χ1) is 8.72. The Morgan fingerprint density at radius 3 is 2.94 bits per heavy atom. The molecule has 0 fully saturated rings. The van der Waals surface area contributed by atoms with E-state index in [-0.39, 0.29) is 11.3 Å². The van der Waals surface area contributed by atoms with E-state index in [4.69, 9.17) is 5.21 Å². The van der Waals surface area contributed by atoms with Gasteiger partial charge in [-0.15, -0.1) is 0 Å². The molecule has 2 heterocycles. The van der Waals surface area contributed by atoms with E-state index in [1.165, 1.54) is 9.88 Å². The van der Waals surface area contributed by atoms with Gasteiger partial charge >= 0.3 is 5.69 Å². The van der Waals surface area contributed by atoms with Crippen molar-refractivity contribution < 1.29 is 10.0 Å². The first-order valence-corrected chi connectivity index (χ1v) is 5.02. The van der Waals surface area contributed by atoms with Crippen LogP contribution in [0.2, 0.25) is 0 Å². The molecule has 8 heteroatoms. The van der Waals surface area contributed by atoms with E-state index >= 15 is 0 Å². The van der Waals surface area contributed by atoms with Crippen molar-refractivity contribution in [1.29, 1.82) is 0 Å². The summed E-state index contributed by atoms with van der Waals surface area (Å²) in [5, 5.41) is 14.6. The molecule has 0 atom stereocenters. The molecule has 3 aromatic rings. The normalized spacial score (nSPS) is 10.9. The van der Waals surface area contributed by atoms with E-state index in [2.05, 4.69) is 15.2 Å². The Kier molecular flexibility index (Phi) is 2.10. The van der Waals surface area contributed by atoms with Crippen molar-refractivity contribution in [3.05, 3.63) is 40.4 Å². The molecule has 90 valence electrons. The van der Waals surface area contributed by atoms with Crippen LogP contribution in [0.15, 0.2) is 29.1 Å². The van der Waals surface area contributed by atoms with Crippen LogP contribution >= 0.6 is 0 Å². The number of hydroxylamine groups is 1. The predicted molar refractivity (Wildman–Crippen MR) is 60.4 cm³/mol. The van der Waals surface area contributed by atoms with Crippen LogP contribution in [0.5, 0.6) is 0 Å². The van der Waals surface area contributed by atoms with E-state index in [1.807, 2.05) is 0 Å². The van der Waals surface area contributed by atoms with Gasteiger partial charge in [-0.2, -0.15) is 5.10 Å². The zero-order valence-corrected chi connectivity index (χ0v) is 8.91. The zero-order chi connectivity index (χ0) is 12.7. The molecule has 8 nitrogen and oxygen atoms in total. The fourth-order valence-electron chi connectivity index (χ4n) is 1.80. The van der Waals surface area contributed by atoms with Crippen LogP contribution < -0.4 is 11.2 Å². The molecule has 0 spiro atoms. The average Bonchev–Trinajstić information content (AvgIpc) is 2.79. The number of carbonyl (C=O) groups is 1. The molecule has 0 saturated carbocycles. The molecule has 2 aromatic heterocycles. The molecule has 18 heavy (non-hydrogen) atoms. The zero-order valence-electron chi connectivity index (χ0n) is 8.91. The number of hydrogen-bond acceptors (Lipinski definition) is 5. The molecule has 3 N–H and O–H groups in total. The Morgan fingerprint density at radius 1 is 1.39 bits per heavy atom. The fourth-order valence-corrected chi connectivity index (χ4v) is 1.80. The Hall–Kier alpha value is -2.74. The molecule has 0 saturated heterocycles. The summed E-state index contributed by atoms with van der Waals surface area (Å²) >= 11 is 0.